The molecule has 2 fully saturated rings. The molecule has 2 aliphatic rings. The first-order valence-corrected chi connectivity index (χ1v) is 13.3. The van der Waals surface area contributed by atoms with E-state index in [1.807, 2.05) is 18.2 Å². The standard InChI is InChI=1S/C29H33F3N4O/c30-29(31,32)24-19-33-28(34-22-17-15-21(16-18-22)20-9-3-1-4-10-20)36-27(24)35-25-13-7-8-14-26(25)37-23-11-5-2-6-12-23/h7-8,13-20,23H,1-6,9-12H2,(H2,33,34,35,36). The molecule has 0 unspecified atom stereocenters. The molecule has 2 N–H and O–H groups in total. The largest absolute Gasteiger partial charge is 0.488 e. The molecular weight excluding hydrogens is 477 g/mol. The second-order valence-corrected chi connectivity index (χ2v) is 10.0. The summed E-state index contributed by atoms with van der Waals surface area (Å²) in [4.78, 5) is 8.18. The van der Waals surface area contributed by atoms with Gasteiger partial charge in [-0.25, -0.2) is 4.98 Å². The van der Waals surface area contributed by atoms with E-state index in [0.29, 0.717) is 17.4 Å². The van der Waals surface area contributed by atoms with Gasteiger partial charge in [0, 0.05) is 11.9 Å². The number of rotatable bonds is 7. The van der Waals surface area contributed by atoms with Gasteiger partial charge in [0.05, 0.1) is 11.8 Å². The summed E-state index contributed by atoms with van der Waals surface area (Å²) < 4.78 is 47.7. The molecule has 2 saturated carbocycles. The fourth-order valence-corrected chi connectivity index (χ4v) is 5.31. The second-order valence-electron chi connectivity index (χ2n) is 10.0. The normalized spacial score (nSPS) is 17.4. The number of para-hydroxylation sites is 2. The van der Waals surface area contributed by atoms with E-state index in [0.717, 1.165) is 37.6 Å². The molecule has 1 heterocycles. The van der Waals surface area contributed by atoms with Crippen LogP contribution in [0.4, 0.5) is 36.3 Å². The van der Waals surface area contributed by atoms with E-state index in [1.165, 1.54) is 44.1 Å². The number of hydrogen-bond acceptors (Lipinski definition) is 5. The third kappa shape index (κ3) is 6.53. The zero-order valence-corrected chi connectivity index (χ0v) is 20.9. The predicted octanol–water partition coefficient (Wildman–Crippen LogP) is 8.74. The van der Waals surface area contributed by atoms with Crippen molar-refractivity contribution in [2.45, 2.75) is 82.4 Å². The van der Waals surface area contributed by atoms with Gasteiger partial charge in [0.25, 0.3) is 0 Å². The van der Waals surface area contributed by atoms with Crippen LogP contribution < -0.4 is 15.4 Å². The Morgan fingerprint density at radius 2 is 1.46 bits per heavy atom. The van der Waals surface area contributed by atoms with Crippen LogP contribution in [-0.4, -0.2) is 16.1 Å². The van der Waals surface area contributed by atoms with Crippen LogP contribution in [0, 0.1) is 0 Å². The first kappa shape index (κ1) is 25.4. The molecule has 0 bridgehead atoms. The number of halogens is 3. The lowest BCUT2D eigenvalue weighted by Gasteiger charge is -2.24. The maximum Gasteiger partial charge on any atom is 0.421 e. The molecule has 37 heavy (non-hydrogen) atoms. The van der Waals surface area contributed by atoms with Crippen LogP contribution in [0.1, 0.15) is 81.3 Å². The van der Waals surface area contributed by atoms with Gasteiger partial charge < -0.3 is 15.4 Å². The summed E-state index contributed by atoms with van der Waals surface area (Å²) in [5.74, 6) is 0.876. The molecule has 2 aromatic carbocycles. The number of nitrogens with one attached hydrogen (secondary N) is 2. The van der Waals surface area contributed by atoms with Gasteiger partial charge >= 0.3 is 6.18 Å². The molecule has 0 aliphatic heterocycles. The molecule has 0 atom stereocenters. The monoisotopic (exact) mass is 510 g/mol. The summed E-state index contributed by atoms with van der Waals surface area (Å²) in [5, 5.41) is 5.94. The van der Waals surface area contributed by atoms with Crippen molar-refractivity contribution in [1.29, 1.82) is 0 Å². The minimum atomic E-state index is -4.61. The molecule has 5 nitrogen and oxygen atoms in total. The lowest BCUT2D eigenvalue weighted by Crippen LogP contribution is -2.20. The van der Waals surface area contributed by atoms with Crippen LogP contribution in [0.5, 0.6) is 5.75 Å². The van der Waals surface area contributed by atoms with Gasteiger partial charge in [-0.15, -0.1) is 0 Å². The molecule has 5 rings (SSSR count). The zero-order chi connectivity index (χ0) is 25.7. The van der Waals surface area contributed by atoms with Crippen LogP contribution in [0.15, 0.2) is 54.7 Å². The van der Waals surface area contributed by atoms with Crippen molar-refractivity contribution < 1.29 is 17.9 Å². The Morgan fingerprint density at radius 1 is 0.784 bits per heavy atom. The SMILES string of the molecule is FC(F)(F)c1cnc(Nc2ccc(C3CCCCC3)cc2)nc1Nc1ccccc1OC1CCCCC1. The minimum absolute atomic E-state index is 0.0676. The van der Waals surface area contributed by atoms with Gasteiger partial charge in [-0.2, -0.15) is 18.2 Å². The Hall–Kier alpha value is -3.29. The molecule has 1 aromatic heterocycles. The fraction of sp³-hybridized carbons (Fsp3) is 0.448. The number of alkyl halides is 3. The van der Waals surface area contributed by atoms with E-state index >= 15 is 0 Å². The maximum absolute atomic E-state index is 13.8. The highest BCUT2D eigenvalue weighted by molar-refractivity contribution is 5.67. The quantitative estimate of drug-likeness (QED) is 0.333. The van der Waals surface area contributed by atoms with Crippen LogP contribution >= 0.6 is 0 Å². The average Bonchev–Trinajstić information content (AvgIpc) is 2.91. The Labute approximate surface area is 215 Å². The van der Waals surface area contributed by atoms with E-state index in [-0.39, 0.29) is 17.9 Å². The van der Waals surface area contributed by atoms with E-state index in [1.54, 1.807) is 18.2 Å². The summed E-state index contributed by atoms with van der Waals surface area (Å²) in [6.07, 6.45) is 7.78. The maximum atomic E-state index is 13.8. The lowest BCUT2D eigenvalue weighted by molar-refractivity contribution is -0.137. The number of ether oxygens (including phenoxy) is 1. The predicted molar refractivity (Wildman–Crippen MR) is 140 cm³/mol. The molecule has 0 saturated heterocycles. The van der Waals surface area contributed by atoms with Crippen LogP contribution in [0.3, 0.4) is 0 Å². The van der Waals surface area contributed by atoms with Gasteiger partial charge in [-0.3, -0.25) is 0 Å². The zero-order valence-electron chi connectivity index (χ0n) is 20.9. The number of benzene rings is 2. The van der Waals surface area contributed by atoms with Gasteiger partial charge in [0.2, 0.25) is 5.95 Å². The second kappa shape index (κ2) is 11.4. The first-order chi connectivity index (χ1) is 18.0. The smallest absolute Gasteiger partial charge is 0.421 e. The summed E-state index contributed by atoms with van der Waals surface area (Å²) in [6.45, 7) is 0. The van der Waals surface area contributed by atoms with Crippen LogP contribution in [0.25, 0.3) is 0 Å². The van der Waals surface area contributed by atoms with Crippen molar-refractivity contribution in [3.05, 3.63) is 65.9 Å². The van der Waals surface area contributed by atoms with Crippen molar-refractivity contribution in [3.8, 4) is 5.75 Å². The van der Waals surface area contributed by atoms with Gasteiger partial charge in [-0.05, 0) is 74.3 Å². The highest BCUT2D eigenvalue weighted by Gasteiger charge is 2.35. The van der Waals surface area contributed by atoms with Crippen LogP contribution in [-0.2, 0) is 6.18 Å². The van der Waals surface area contributed by atoms with Crippen molar-refractivity contribution in [2.75, 3.05) is 10.6 Å². The molecule has 0 spiro atoms. The van der Waals surface area contributed by atoms with Crippen molar-refractivity contribution in [3.63, 3.8) is 0 Å². The molecule has 0 radical (unpaired) electrons. The molecule has 2 aliphatic carbocycles. The summed E-state index contributed by atoms with van der Waals surface area (Å²) in [7, 11) is 0. The van der Waals surface area contributed by atoms with Crippen molar-refractivity contribution >= 4 is 23.1 Å². The van der Waals surface area contributed by atoms with Crippen molar-refractivity contribution in [2.24, 2.45) is 0 Å². The third-order valence-electron chi connectivity index (χ3n) is 7.32. The Morgan fingerprint density at radius 3 is 2.16 bits per heavy atom. The molecular formula is C29H33F3N4O. The number of anilines is 4. The minimum Gasteiger partial charge on any atom is -0.488 e. The van der Waals surface area contributed by atoms with Gasteiger partial charge in [-0.1, -0.05) is 49.9 Å². The molecule has 0 amide bonds. The summed E-state index contributed by atoms with van der Waals surface area (Å²) >= 11 is 0. The van der Waals surface area contributed by atoms with Gasteiger partial charge in [0.15, 0.2) is 0 Å². The Balaban J connectivity index is 1.36. The van der Waals surface area contributed by atoms with E-state index in [9.17, 15) is 13.2 Å². The van der Waals surface area contributed by atoms with Crippen molar-refractivity contribution in [1.82, 2.24) is 9.97 Å². The van der Waals surface area contributed by atoms with E-state index in [2.05, 4.69) is 32.7 Å². The topological polar surface area (TPSA) is 59.1 Å². The van der Waals surface area contributed by atoms with E-state index in [4.69, 9.17) is 4.74 Å². The van der Waals surface area contributed by atoms with E-state index < -0.39 is 11.7 Å². The fourth-order valence-electron chi connectivity index (χ4n) is 5.31. The molecule has 8 heteroatoms. The van der Waals surface area contributed by atoms with Gasteiger partial charge in [0.1, 0.15) is 17.1 Å². The molecule has 196 valence electrons. The Kier molecular flexibility index (Phi) is 7.82. The summed E-state index contributed by atoms with van der Waals surface area (Å²) in [6, 6.07) is 15.1. The van der Waals surface area contributed by atoms with Crippen LogP contribution in [0.2, 0.25) is 0 Å². The third-order valence-corrected chi connectivity index (χ3v) is 7.32. The number of nitrogens with zero attached hydrogens (tertiary/aromatic N) is 2. The molecule has 3 aromatic rings. The average molecular weight is 511 g/mol. The highest BCUT2D eigenvalue weighted by atomic mass is 19.4. The number of aromatic nitrogens is 2. The first-order valence-electron chi connectivity index (χ1n) is 13.3. The summed E-state index contributed by atoms with van der Waals surface area (Å²) in [5.41, 5.74) is 1.54. The Bertz CT molecular complexity index is 1170. The highest BCUT2D eigenvalue weighted by Crippen LogP contribution is 2.38. The number of hydrogen-bond donors (Lipinski definition) is 2. The lowest BCUT2D eigenvalue weighted by atomic mass is 9.84.